The third-order valence-electron chi connectivity index (χ3n) is 3.86. The normalized spacial score (nSPS) is 14.6. The van der Waals surface area contributed by atoms with Gasteiger partial charge in [0.2, 0.25) is 5.88 Å². The van der Waals surface area contributed by atoms with Gasteiger partial charge in [-0.2, -0.15) is 0 Å². The van der Waals surface area contributed by atoms with E-state index in [0.717, 1.165) is 50.2 Å². The summed E-state index contributed by atoms with van der Waals surface area (Å²) in [5.41, 5.74) is 1.13. The van der Waals surface area contributed by atoms with E-state index in [-0.39, 0.29) is 0 Å². The van der Waals surface area contributed by atoms with Crippen LogP contribution in [0.3, 0.4) is 0 Å². The summed E-state index contributed by atoms with van der Waals surface area (Å²) in [5.74, 6) is 2.81. The van der Waals surface area contributed by atoms with Gasteiger partial charge >= 0.3 is 0 Å². The van der Waals surface area contributed by atoms with Crippen molar-refractivity contribution in [3.05, 3.63) is 23.9 Å². The van der Waals surface area contributed by atoms with Gasteiger partial charge in [-0.25, -0.2) is 4.98 Å². The molecule has 2 rings (SSSR count). The molecule has 1 saturated carbocycles. The molecule has 0 amide bonds. The number of ether oxygens (including phenoxy) is 2. The lowest BCUT2D eigenvalue weighted by molar-refractivity contribution is 0.108. The maximum atomic E-state index is 5.72. The van der Waals surface area contributed by atoms with Crippen molar-refractivity contribution in [3.63, 3.8) is 0 Å². The zero-order chi connectivity index (χ0) is 17.9. The molecule has 1 aliphatic carbocycles. The predicted octanol–water partition coefficient (Wildman–Crippen LogP) is 2.60. The average molecular weight is 348 g/mol. The molecule has 6 heteroatoms. The van der Waals surface area contributed by atoms with Gasteiger partial charge in [0.25, 0.3) is 0 Å². The summed E-state index contributed by atoms with van der Waals surface area (Å²) in [4.78, 5) is 8.51. The topological polar surface area (TPSA) is 67.8 Å². The first-order valence-corrected chi connectivity index (χ1v) is 9.27. The van der Waals surface area contributed by atoms with Crippen molar-refractivity contribution in [3.8, 4) is 5.88 Å². The first kappa shape index (κ1) is 19.5. The van der Waals surface area contributed by atoms with E-state index in [2.05, 4.69) is 34.5 Å². The van der Waals surface area contributed by atoms with Crippen LogP contribution < -0.4 is 15.4 Å². The van der Waals surface area contributed by atoms with Crippen LogP contribution >= 0.6 is 0 Å². The molecule has 0 spiro atoms. The summed E-state index contributed by atoms with van der Waals surface area (Å²) in [6, 6.07) is 3.98. The third-order valence-corrected chi connectivity index (χ3v) is 3.86. The summed E-state index contributed by atoms with van der Waals surface area (Å²) < 4.78 is 11.3. The molecule has 1 heterocycles. The molecule has 0 bridgehead atoms. The lowest BCUT2D eigenvalue weighted by Gasteiger charge is -2.13. The highest BCUT2D eigenvalue weighted by molar-refractivity contribution is 5.79. The number of hydrogen-bond acceptors (Lipinski definition) is 4. The molecular weight excluding hydrogens is 316 g/mol. The quantitative estimate of drug-likeness (QED) is 0.365. The van der Waals surface area contributed by atoms with Crippen molar-refractivity contribution in [2.45, 2.75) is 39.7 Å². The number of aliphatic imine (C=N–C) groups is 1. The van der Waals surface area contributed by atoms with Gasteiger partial charge in [-0.3, -0.25) is 4.99 Å². The van der Waals surface area contributed by atoms with Gasteiger partial charge in [0.05, 0.1) is 6.61 Å². The number of hydrogen-bond donors (Lipinski definition) is 2. The maximum Gasteiger partial charge on any atom is 0.213 e. The van der Waals surface area contributed by atoms with Crippen LogP contribution in [0.15, 0.2) is 23.3 Å². The zero-order valence-electron chi connectivity index (χ0n) is 15.8. The Kier molecular flexibility index (Phi) is 8.52. The van der Waals surface area contributed by atoms with E-state index in [1.54, 1.807) is 13.2 Å². The smallest absolute Gasteiger partial charge is 0.213 e. The molecule has 0 radical (unpaired) electrons. The minimum absolute atomic E-state index is 0.584. The molecule has 1 aromatic rings. The fourth-order valence-electron chi connectivity index (χ4n) is 2.23. The number of guanidine groups is 1. The molecule has 25 heavy (non-hydrogen) atoms. The van der Waals surface area contributed by atoms with Crippen molar-refractivity contribution >= 4 is 5.96 Å². The van der Waals surface area contributed by atoms with Gasteiger partial charge in [0.1, 0.15) is 0 Å². The lowest BCUT2D eigenvalue weighted by Crippen LogP contribution is -2.37. The third kappa shape index (κ3) is 8.72. The number of rotatable bonds is 11. The van der Waals surface area contributed by atoms with Crippen molar-refractivity contribution in [2.24, 2.45) is 16.8 Å². The van der Waals surface area contributed by atoms with Crippen molar-refractivity contribution in [1.29, 1.82) is 0 Å². The monoisotopic (exact) mass is 348 g/mol. The maximum absolute atomic E-state index is 5.72. The Morgan fingerprint density at radius 2 is 2.20 bits per heavy atom. The molecule has 0 aromatic carbocycles. The second-order valence-electron chi connectivity index (χ2n) is 6.93. The standard InChI is InChI=1S/C19H32N4O2/c1-15(2)13-24-10-4-8-22-19(20-3)23-12-17-7-9-21-18(11-17)25-14-16-5-6-16/h7,9,11,15-16H,4-6,8,10,12-14H2,1-3H3,(H2,20,22,23). The van der Waals surface area contributed by atoms with Gasteiger partial charge < -0.3 is 20.1 Å². The fraction of sp³-hybridized carbons (Fsp3) is 0.684. The van der Waals surface area contributed by atoms with E-state index in [9.17, 15) is 0 Å². The molecule has 2 N–H and O–H groups in total. The molecule has 1 aromatic heterocycles. The van der Waals surface area contributed by atoms with E-state index in [4.69, 9.17) is 9.47 Å². The second kappa shape index (κ2) is 10.9. The van der Waals surface area contributed by atoms with Gasteiger partial charge in [0, 0.05) is 45.6 Å². The molecule has 1 aliphatic rings. The second-order valence-corrected chi connectivity index (χ2v) is 6.93. The number of pyridine rings is 1. The summed E-state index contributed by atoms with van der Waals surface area (Å²) >= 11 is 0. The molecule has 140 valence electrons. The number of aromatic nitrogens is 1. The first-order chi connectivity index (χ1) is 12.2. The Morgan fingerprint density at radius 3 is 2.92 bits per heavy atom. The predicted molar refractivity (Wildman–Crippen MR) is 101 cm³/mol. The van der Waals surface area contributed by atoms with E-state index >= 15 is 0 Å². The van der Waals surface area contributed by atoms with Gasteiger partial charge in [-0.1, -0.05) is 13.8 Å². The fourth-order valence-corrected chi connectivity index (χ4v) is 2.23. The van der Waals surface area contributed by atoms with Gasteiger partial charge in [-0.15, -0.1) is 0 Å². The molecular formula is C19H32N4O2. The summed E-state index contributed by atoms with van der Waals surface area (Å²) in [6.07, 6.45) is 5.32. The highest BCUT2D eigenvalue weighted by atomic mass is 16.5. The van der Waals surface area contributed by atoms with E-state index in [0.29, 0.717) is 18.3 Å². The molecule has 0 unspecified atom stereocenters. The molecule has 0 saturated heterocycles. The summed E-state index contributed by atoms with van der Waals surface area (Å²) in [6.45, 7) is 8.22. The number of nitrogens with zero attached hydrogens (tertiary/aromatic N) is 2. The average Bonchev–Trinajstić information content (AvgIpc) is 3.43. The zero-order valence-corrected chi connectivity index (χ0v) is 15.8. The van der Waals surface area contributed by atoms with E-state index < -0.39 is 0 Å². The van der Waals surface area contributed by atoms with Crippen LogP contribution in [0, 0.1) is 11.8 Å². The highest BCUT2D eigenvalue weighted by Crippen LogP contribution is 2.29. The molecule has 0 aliphatic heterocycles. The highest BCUT2D eigenvalue weighted by Gasteiger charge is 2.22. The largest absolute Gasteiger partial charge is 0.477 e. The van der Waals surface area contributed by atoms with Gasteiger partial charge in [-0.05, 0) is 42.7 Å². The minimum Gasteiger partial charge on any atom is -0.477 e. The van der Waals surface area contributed by atoms with Gasteiger partial charge in [0.15, 0.2) is 5.96 Å². The van der Waals surface area contributed by atoms with E-state index in [1.165, 1.54) is 12.8 Å². The first-order valence-electron chi connectivity index (χ1n) is 9.27. The Bertz CT molecular complexity index is 530. The Balaban J connectivity index is 1.63. The van der Waals surface area contributed by atoms with Crippen LogP contribution in [0.4, 0.5) is 0 Å². The van der Waals surface area contributed by atoms with Crippen molar-refractivity contribution in [2.75, 3.05) is 33.4 Å². The van der Waals surface area contributed by atoms with Crippen LogP contribution in [-0.2, 0) is 11.3 Å². The molecule has 6 nitrogen and oxygen atoms in total. The SMILES string of the molecule is CN=C(NCCCOCC(C)C)NCc1ccnc(OCC2CC2)c1. The van der Waals surface area contributed by atoms with Crippen LogP contribution in [0.1, 0.15) is 38.7 Å². The van der Waals surface area contributed by atoms with Crippen LogP contribution in [0.5, 0.6) is 5.88 Å². The van der Waals surface area contributed by atoms with Crippen LogP contribution in [0.25, 0.3) is 0 Å². The van der Waals surface area contributed by atoms with Crippen LogP contribution in [-0.4, -0.2) is 44.4 Å². The molecule has 1 fully saturated rings. The van der Waals surface area contributed by atoms with Crippen molar-refractivity contribution < 1.29 is 9.47 Å². The van der Waals surface area contributed by atoms with Crippen molar-refractivity contribution in [1.82, 2.24) is 15.6 Å². The molecule has 0 atom stereocenters. The Labute approximate surface area is 151 Å². The minimum atomic E-state index is 0.584. The summed E-state index contributed by atoms with van der Waals surface area (Å²) in [7, 11) is 1.78. The Morgan fingerprint density at radius 1 is 1.36 bits per heavy atom. The lowest BCUT2D eigenvalue weighted by atomic mass is 10.2. The van der Waals surface area contributed by atoms with Crippen LogP contribution in [0.2, 0.25) is 0 Å². The number of nitrogens with one attached hydrogen (secondary N) is 2. The summed E-state index contributed by atoms with van der Waals surface area (Å²) in [5, 5.41) is 6.62. The Hall–Kier alpha value is -1.82. The van der Waals surface area contributed by atoms with E-state index in [1.807, 2.05) is 12.1 Å².